The molecule has 0 amide bonds. The molecule has 1 heterocycles. The van der Waals surface area contributed by atoms with Gasteiger partial charge in [0.05, 0.1) is 18.5 Å². The molecule has 0 unspecified atom stereocenters. The van der Waals surface area contributed by atoms with E-state index in [1.165, 1.54) is 17.9 Å². The maximum absolute atomic E-state index is 5.39. The van der Waals surface area contributed by atoms with Crippen molar-refractivity contribution < 1.29 is 9.47 Å². The Hall–Kier alpha value is -0.940. The normalized spacial score (nSPS) is 10.3. The van der Waals surface area contributed by atoms with E-state index in [1.54, 1.807) is 13.3 Å². The summed E-state index contributed by atoms with van der Waals surface area (Å²) in [5, 5.41) is 3.34. The minimum atomic E-state index is 0.532. The quantitative estimate of drug-likeness (QED) is 0.662. The topological polar surface area (TPSA) is 43.4 Å². The summed E-state index contributed by atoms with van der Waals surface area (Å²) < 4.78 is 10.3. The molecular weight excluding hydrogens is 248 g/mol. The van der Waals surface area contributed by atoms with E-state index < -0.39 is 0 Å². The van der Waals surface area contributed by atoms with Crippen molar-refractivity contribution in [3.63, 3.8) is 0 Å². The Bertz CT molecular complexity index is 306. The molecule has 0 radical (unpaired) electrons. The monoisotopic (exact) mass is 270 g/mol. The summed E-state index contributed by atoms with van der Waals surface area (Å²) in [6.07, 6.45) is 2.97. The highest BCUT2D eigenvalue weighted by molar-refractivity contribution is 7.99. The zero-order chi connectivity index (χ0) is 13.1. The average molecular weight is 270 g/mol. The van der Waals surface area contributed by atoms with Crippen LogP contribution >= 0.6 is 11.8 Å². The molecule has 0 saturated heterocycles. The van der Waals surface area contributed by atoms with Gasteiger partial charge in [-0.15, -0.1) is 0 Å². The summed E-state index contributed by atoms with van der Waals surface area (Å²) in [6.45, 7) is 4.28. The van der Waals surface area contributed by atoms with Gasteiger partial charge in [-0.05, 0) is 24.0 Å². The second kappa shape index (κ2) is 10.0. The van der Waals surface area contributed by atoms with Crippen LogP contribution < -0.4 is 10.1 Å². The van der Waals surface area contributed by atoms with Crippen molar-refractivity contribution in [2.24, 2.45) is 0 Å². The fourth-order valence-corrected chi connectivity index (χ4v) is 1.99. The third-order valence-electron chi connectivity index (χ3n) is 2.27. The summed E-state index contributed by atoms with van der Waals surface area (Å²) in [7, 11) is 1.65. The number of rotatable bonds is 10. The van der Waals surface area contributed by atoms with Crippen molar-refractivity contribution in [2.75, 3.05) is 43.7 Å². The van der Waals surface area contributed by atoms with Gasteiger partial charge in [0.2, 0.25) is 5.88 Å². The molecule has 18 heavy (non-hydrogen) atoms. The number of aromatic nitrogens is 1. The first-order valence-corrected chi connectivity index (χ1v) is 7.41. The van der Waals surface area contributed by atoms with Gasteiger partial charge in [-0.3, -0.25) is 0 Å². The number of anilines is 1. The van der Waals surface area contributed by atoms with Crippen molar-refractivity contribution in [1.82, 2.24) is 4.98 Å². The van der Waals surface area contributed by atoms with Gasteiger partial charge in [-0.25, -0.2) is 4.98 Å². The average Bonchev–Trinajstić information content (AvgIpc) is 2.40. The van der Waals surface area contributed by atoms with E-state index in [9.17, 15) is 0 Å². The van der Waals surface area contributed by atoms with Gasteiger partial charge in [0.1, 0.15) is 6.61 Å². The van der Waals surface area contributed by atoms with Crippen molar-refractivity contribution in [3.05, 3.63) is 18.3 Å². The Morgan fingerprint density at radius 2 is 2.22 bits per heavy atom. The molecule has 1 aromatic heterocycles. The van der Waals surface area contributed by atoms with Crippen LogP contribution in [0.25, 0.3) is 0 Å². The zero-order valence-corrected chi connectivity index (χ0v) is 12.0. The van der Waals surface area contributed by atoms with E-state index in [2.05, 4.69) is 17.2 Å². The predicted molar refractivity (Wildman–Crippen MR) is 77.7 cm³/mol. The molecule has 102 valence electrons. The largest absolute Gasteiger partial charge is 0.475 e. The van der Waals surface area contributed by atoms with Gasteiger partial charge in [-0.2, -0.15) is 11.8 Å². The van der Waals surface area contributed by atoms with Crippen LogP contribution in [0.3, 0.4) is 0 Å². The third-order valence-corrected chi connectivity index (χ3v) is 3.26. The van der Waals surface area contributed by atoms with Crippen molar-refractivity contribution in [2.45, 2.75) is 13.3 Å². The van der Waals surface area contributed by atoms with Gasteiger partial charge >= 0.3 is 0 Å². The lowest BCUT2D eigenvalue weighted by Crippen LogP contribution is -2.06. The first-order chi connectivity index (χ1) is 8.86. The van der Waals surface area contributed by atoms with Crippen LogP contribution in [0.5, 0.6) is 5.88 Å². The Morgan fingerprint density at radius 1 is 1.33 bits per heavy atom. The number of ether oxygens (including phenoxy) is 2. The summed E-state index contributed by atoms with van der Waals surface area (Å²) >= 11 is 1.97. The molecule has 0 spiro atoms. The lowest BCUT2D eigenvalue weighted by Gasteiger charge is -2.07. The summed E-state index contributed by atoms with van der Waals surface area (Å²) in [5.74, 6) is 3.03. The fourth-order valence-electron chi connectivity index (χ4n) is 1.35. The van der Waals surface area contributed by atoms with Crippen molar-refractivity contribution in [1.29, 1.82) is 0 Å². The van der Waals surface area contributed by atoms with Gasteiger partial charge in [0.25, 0.3) is 0 Å². The molecule has 5 heteroatoms. The van der Waals surface area contributed by atoms with E-state index in [1.807, 2.05) is 23.9 Å². The van der Waals surface area contributed by atoms with E-state index in [0.717, 1.165) is 12.2 Å². The Balaban J connectivity index is 2.19. The number of nitrogens with one attached hydrogen (secondary N) is 1. The van der Waals surface area contributed by atoms with Crippen molar-refractivity contribution in [3.8, 4) is 5.88 Å². The van der Waals surface area contributed by atoms with Crippen LogP contribution in [0.2, 0.25) is 0 Å². The van der Waals surface area contributed by atoms with Crippen LogP contribution in [0.1, 0.15) is 13.3 Å². The maximum atomic E-state index is 5.39. The lowest BCUT2D eigenvalue weighted by molar-refractivity contribution is 0.144. The smallest absolute Gasteiger partial charge is 0.213 e. The van der Waals surface area contributed by atoms with E-state index in [4.69, 9.17) is 9.47 Å². The molecule has 0 fully saturated rings. The molecule has 0 aliphatic rings. The van der Waals surface area contributed by atoms with Gasteiger partial charge in [-0.1, -0.05) is 6.92 Å². The second-order valence-corrected chi connectivity index (χ2v) is 5.10. The highest BCUT2D eigenvalue weighted by Gasteiger charge is 1.96. The van der Waals surface area contributed by atoms with E-state index in [0.29, 0.717) is 19.1 Å². The lowest BCUT2D eigenvalue weighted by atomic mass is 10.4. The van der Waals surface area contributed by atoms with Crippen LogP contribution in [0.15, 0.2) is 18.3 Å². The molecule has 0 aliphatic heterocycles. The molecule has 0 bridgehead atoms. The Morgan fingerprint density at radius 3 is 2.89 bits per heavy atom. The molecule has 1 aromatic rings. The number of methoxy groups -OCH3 is 1. The van der Waals surface area contributed by atoms with E-state index >= 15 is 0 Å². The zero-order valence-electron chi connectivity index (χ0n) is 11.1. The van der Waals surface area contributed by atoms with Gasteiger partial charge in [0, 0.05) is 19.7 Å². The summed E-state index contributed by atoms with van der Waals surface area (Å²) in [5.41, 5.74) is 1.04. The molecular formula is C13H22N2O2S. The minimum Gasteiger partial charge on any atom is -0.475 e. The summed E-state index contributed by atoms with van der Waals surface area (Å²) in [4.78, 5) is 4.22. The van der Waals surface area contributed by atoms with Crippen LogP contribution in [-0.2, 0) is 4.74 Å². The Kier molecular flexibility index (Phi) is 8.42. The predicted octanol–water partition coefficient (Wildman–Crippen LogP) is 2.66. The van der Waals surface area contributed by atoms with Crippen molar-refractivity contribution >= 4 is 17.4 Å². The highest BCUT2D eigenvalue weighted by Crippen LogP contribution is 2.11. The number of thioether (sulfide) groups is 1. The van der Waals surface area contributed by atoms with Crippen LogP contribution in [0, 0.1) is 0 Å². The van der Waals surface area contributed by atoms with Crippen LogP contribution in [0.4, 0.5) is 5.69 Å². The molecule has 1 N–H and O–H groups in total. The maximum Gasteiger partial charge on any atom is 0.213 e. The number of nitrogens with zero attached hydrogens (tertiary/aromatic N) is 1. The molecule has 0 aliphatic carbocycles. The molecule has 4 nitrogen and oxygen atoms in total. The molecule has 1 rings (SSSR count). The highest BCUT2D eigenvalue weighted by atomic mass is 32.2. The molecule has 0 saturated carbocycles. The standard InChI is InChI=1S/C13H22N2O2S/c1-3-18-10-4-7-14-12-5-6-13(15-11-12)17-9-8-16-2/h5-6,11,14H,3-4,7-10H2,1-2H3. The number of hydrogen-bond donors (Lipinski definition) is 1. The van der Waals surface area contributed by atoms with E-state index in [-0.39, 0.29) is 0 Å². The molecule has 0 aromatic carbocycles. The third kappa shape index (κ3) is 6.71. The van der Waals surface area contributed by atoms with Crippen LogP contribution in [-0.4, -0.2) is 43.4 Å². The summed E-state index contributed by atoms with van der Waals surface area (Å²) in [6, 6.07) is 3.86. The first kappa shape index (κ1) is 15.1. The second-order valence-electron chi connectivity index (χ2n) is 3.70. The Labute approximate surface area is 113 Å². The first-order valence-electron chi connectivity index (χ1n) is 6.26. The SMILES string of the molecule is CCSCCCNc1ccc(OCCOC)nc1. The fraction of sp³-hybridized carbons (Fsp3) is 0.615. The number of pyridine rings is 1. The van der Waals surface area contributed by atoms with Gasteiger partial charge < -0.3 is 14.8 Å². The minimum absolute atomic E-state index is 0.532. The molecule has 0 atom stereocenters. The number of hydrogen-bond acceptors (Lipinski definition) is 5. The van der Waals surface area contributed by atoms with Gasteiger partial charge in [0.15, 0.2) is 0 Å².